The van der Waals surface area contributed by atoms with E-state index in [1.807, 2.05) is 6.92 Å². The highest BCUT2D eigenvalue weighted by atomic mass is 19.1. The van der Waals surface area contributed by atoms with Crippen LogP contribution in [0.1, 0.15) is 24.3 Å². The molecule has 0 aliphatic heterocycles. The molecule has 2 aromatic rings. The fourth-order valence-corrected chi connectivity index (χ4v) is 1.65. The number of aromatic nitrogens is 1. The second-order valence-corrected chi connectivity index (χ2v) is 4.06. The van der Waals surface area contributed by atoms with Crippen molar-refractivity contribution in [3.8, 4) is 11.5 Å². The molecule has 1 aromatic carbocycles. The van der Waals surface area contributed by atoms with Crippen molar-refractivity contribution < 1.29 is 14.2 Å². The molecule has 0 bridgehead atoms. The molecule has 1 atom stereocenters. The minimum atomic E-state index is -0.931. The Hall–Kier alpha value is -1.94. The summed E-state index contributed by atoms with van der Waals surface area (Å²) in [5, 5.41) is 9.57. The number of aryl methyl sites for hydroxylation is 1. The molecule has 1 heterocycles. The highest BCUT2D eigenvalue weighted by molar-refractivity contribution is 5.39. The molecule has 4 heteroatoms. The first-order valence-corrected chi connectivity index (χ1v) is 5.65. The van der Waals surface area contributed by atoms with Gasteiger partial charge in [0.2, 0.25) is 0 Å². The van der Waals surface area contributed by atoms with Crippen LogP contribution in [0.2, 0.25) is 0 Å². The van der Waals surface area contributed by atoms with Crippen LogP contribution >= 0.6 is 0 Å². The van der Waals surface area contributed by atoms with Crippen molar-refractivity contribution in [2.45, 2.75) is 20.0 Å². The quantitative estimate of drug-likeness (QED) is 0.904. The molecule has 18 heavy (non-hydrogen) atoms. The van der Waals surface area contributed by atoms with Crippen molar-refractivity contribution in [2.24, 2.45) is 0 Å². The van der Waals surface area contributed by atoms with E-state index in [0.717, 1.165) is 5.69 Å². The van der Waals surface area contributed by atoms with E-state index in [4.69, 9.17) is 4.74 Å². The Bertz CT molecular complexity index is 538. The zero-order valence-corrected chi connectivity index (χ0v) is 10.2. The Morgan fingerprint density at radius 2 is 2.06 bits per heavy atom. The fraction of sp³-hybridized carbons (Fsp3) is 0.214. The predicted octanol–water partition coefficient (Wildman–Crippen LogP) is 3.37. The molecule has 0 aliphatic carbocycles. The van der Waals surface area contributed by atoms with Crippen molar-refractivity contribution in [1.29, 1.82) is 0 Å². The number of hydrogen-bond acceptors (Lipinski definition) is 3. The highest BCUT2D eigenvalue weighted by Gasteiger charge is 2.15. The molecule has 94 valence electrons. The smallest absolute Gasteiger partial charge is 0.145 e. The Balaban J connectivity index is 2.34. The molecule has 1 N–H and O–H groups in total. The summed E-state index contributed by atoms with van der Waals surface area (Å²) in [6, 6.07) is 8.00. The monoisotopic (exact) mass is 247 g/mol. The van der Waals surface area contributed by atoms with E-state index in [1.54, 1.807) is 24.4 Å². The highest BCUT2D eigenvalue weighted by Crippen LogP contribution is 2.31. The van der Waals surface area contributed by atoms with Crippen LogP contribution in [0.25, 0.3) is 0 Å². The molecule has 2 rings (SSSR count). The van der Waals surface area contributed by atoms with E-state index in [2.05, 4.69) is 4.98 Å². The van der Waals surface area contributed by atoms with Crippen molar-refractivity contribution in [2.75, 3.05) is 0 Å². The standard InChI is InChI=1S/C14H14FNO2/c1-9-6-7-11(8-16-9)18-13-5-3-4-12(15)14(13)10(2)17/h3-8,10,17H,1-2H3. The molecule has 3 nitrogen and oxygen atoms in total. The van der Waals surface area contributed by atoms with Gasteiger partial charge >= 0.3 is 0 Å². The van der Waals surface area contributed by atoms with E-state index in [-0.39, 0.29) is 5.56 Å². The number of halogens is 1. The average molecular weight is 247 g/mol. The van der Waals surface area contributed by atoms with E-state index in [0.29, 0.717) is 11.5 Å². The Kier molecular flexibility index (Phi) is 3.58. The molecule has 0 saturated heterocycles. The van der Waals surface area contributed by atoms with Crippen LogP contribution in [-0.4, -0.2) is 10.1 Å². The van der Waals surface area contributed by atoms with Crippen LogP contribution in [0.4, 0.5) is 4.39 Å². The fourth-order valence-electron chi connectivity index (χ4n) is 1.65. The number of rotatable bonds is 3. The number of ether oxygens (including phenoxy) is 1. The number of aliphatic hydroxyl groups is 1. The van der Waals surface area contributed by atoms with Crippen LogP contribution in [0, 0.1) is 12.7 Å². The molecule has 0 radical (unpaired) electrons. The summed E-state index contributed by atoms with van der Waals surface area (Å²) in [7, 11) is 0. The number of pyridine rings is 1. The van der Waals surface area contributed by atoms with E-state index < -0.39 is 11.9 Å². The van der Waals surface area contributed by atoms with E-state index in [9.17, 15) is 9.50 Å². The topological polar surface area (TPSA) is 42.4 Å². The Labute approximate surface area is 105 Å². The van der Waals surface area contributed by atoms with Gasteiger partial charge in [-0.25, -0.2) is 4.39 Å². The predicted molar refractivity (Wildman–Crippen MR) is 66.1 cm³/mol. The first-order valence-electron chi connectivity index (χ1n) is 5.65. The average Bonchev–Trinajstić information content (AvgIpc) is 2.32. The minimum Gasteiger partial charge on any atom is -0.455 e. The van der Waals surface area contributed by atoms with Gasteiger partial charge in [-0.15, -0.1) is 0 Å². The summed E-state index contributed by atoms with van der Waals surface area (Å²) < 4.78 is 19.2. The molecule has 1 unspecified atom stereocenters. The van der Waals surface area contributed by atoms with Gasteiger partial charge in [0, 0.05) is 5.69 Å². The van der Waals surface area contributed by atoms with Crippen molar-refractivity contribution in [3.63, 3.8) is 0 Å². The van der Waals surface area contributed by atoms with Crippen molar-refractivity contribution >= 4 is 0 Å². The Morgan fingerprint density at radius 3 is 2.67 bits per heavy atom. The van der Waals surface area contributed by atoms with Crippen LogP contribution in [-0.2, 0) is 0 Å². The van der Waals surface area contributed by atoms with E-state index in [1.165, 1.54) is 19.1 Å². The molecule has 0 amide bonds. The first kappa shape index (κ1) is 12.5. The van der Waals surface area contributed by atoms with Gasteiger partial charge < -0.3 is 9.84 Å². The second-order valence-electron chi connectivity index (χ2n) is 4.06. The maximum absolute atomic E-state index is 13.6. The number of aliphatic hydroxyl groups excluding tert-OH is 1. The van der Waals surface area contributed by atoms with Gasteiger partial charge in [0.05, 0.1) is 17.9 Å². The SMILES string of the molecule is Cc1ccc(Oc2cccc(F)c2C(C)O)cn1. The van der Waals surface area contributed by atoms with Gasteiger partial charge in [-0.05, 0) is 38.1 Å². The third kappa shape index (κ3) is 2.65. The van der Waals surface area contributed by atoms with Crippen LogP contribution in [0.5, 0.6) is 11.5 Å². The molecule has 0 spiro atoms. The number of nitrogens with zero attached hydrogens (tertiary/aromatic N) is 1. The summed E-state index contributed by atoms with van der Waals surface area (Å²) >= 11 is 0. The third-order valence-electron chi connectivity index (χ3n) is 2.54. The van der Waals surface area contributed by atoms with Crippen LogP contribution in [0.3, 0.4) is 0 Å². The van der Waals surface area contributed by atoms with Gasteiger partial charge in [-0.1, -0.05) is 6.07 Å². The zero-order valence-electron chi connectivity index (χ0n) is 10.2. The lowest BCUT2D eigenvalue weighted by molar-refractivity contribution is 0.190. The van der Waals surface area contributed by atoms with Gasteiger partial charge in [0.25, 0.3) is 0 Å². The second kappa shape index (κ2) is 5.14. The summed E-state index contributed by atoms with van der Waals surface area (Å²) in [6.45, 7) is 3.37. The summed E-state index contributed by atoms with van der Waals surface area (Å²) in [5.74, 6) is 0.325. The largest absolute Gasteiger partial charge is 0.455 e. The first-order chi connectivity index (χ1) is 8.58. The minimum absolute atomic E-state index is 0.151. The molecule has 0 aliphatic rings. The Morgan fingerprint density at radius 1 is 1.28 bits per heavy atom. The zero-order chi connectivity index (χ0) is 13.1. The van der Waals surface area contributed by atoms with Gasteiger partial charge in [0.15, 0.2) is 0 Å². The van der Waals surface area contributed by atoms with Crippen molar-refractivity contribution in [3.05, 3.63) is 53.6 Å². The number of benzene rings is 1. The van der Waals surface area contributed by atoms with Gasteiger partial charge in [0.1, 0.15) is 17.3 Å². The molecule has 1 aromatic heterocycles. The normalized spacial score (nSPS) is 12.2. The maximum Gasteiger partial charge on any atom is 0.145 e. The lowest BCUT2D eigenvalue weighted by Crippen LogP contribution is -2.00. The summed E-state index contributed by atoms with van der Waals surface area (Å²) in [4.78, 5) is 4.09. The summed E-state index contributed by atoms with van der Waals surface area (Å²) in [6.07, 6.45) is 0.631. The van der Waals surface area contributed by atoms with Gasteiger partial charge in [-0.3, -0.25) is 4.98 Å². The molecule has 0 saturated carbocycles. The van der Waals surface area contributed by atoms with Crippen LogP contribution < -0.4 is 4.74 Å². The molecular weight excluding hydrogens is 233 g/mol. The number of hydrogen-bond donors (Lipinski definition) is 1. The van der Waals surface area contributed by atoms with Crippen LogP contribution in [0.15, 0.2) is 36.5 Å². The molecular formula is C14H14FNO2. The van der Waals surface area contributed by atoms with Crippen molar-refractivity contribution in [1.82, 2.24) is 4.98 Å². The van der Waals surface area contributed by atoms with E-state index >= 15 is 0 Å². The lowest BCUT2D eigenvalue weighted by atomic mass is 10.1. The van der Waals surface area contributed by atoms with Gasteiger partial charge in [-0.2, -0.15) is 0 Å². The maximum atomic E-state index is 13.6. The molecule has 0 fully saturated rings. The lowest BCUT2D eigenvalue weighted by Gasteiger charge is -2.13. The summed E-state index contributed by atoms with van der Waals surface area (Å²) in [5.41, 5.74) is 1.02. The third-order valence-corrected chi connectivity index (χ3v) is 2.54.